The van der Waals surface area contributed by atoms with E-state index in [0.29, 0.717) is 0 Å². The Morgan fingerprint density at radius 2 is 2.15 bits per heavy atom. The maximum Gasteiger partial charge on any atom is 0.180 e. The van der Waals surface area contributed by atoms with Gasteiger partial charge in [0.25, 0.3) is 0 Å². The molecule has 2 aromatic rings. The average molecular weight is 273 g/mol. The van der Waals surface area contributed by atoms with Gasteiger partial charge in [0.1, 0.15) is 5.82 Å². The Morgan fingerprint density at radius 3 is 2.90 bits per heavy atom. The van der Waals surface area contributed by atoms with Crippen LogP contribution in [0.15, 0.2) is 18.6 Å². The molecule has 0 amide bonds. The van der Waals surface area contributed by atoms with E-state index >= 15 is 0 Å². The second kappa shape index (κ2) is 5.31. The van der Waals surface area contributed by atoms with Crippen molar-refractivity contribution >= 4 is 17.3 Å². The SMILES string of the molecule is CCCNc1cn2ccnc2c(NC2(C)CCCC2)n1. The summed E-state index contributed by atoms with van der Waals surface area (Å²) < 4.78 is 2.03. The molecule has 1 aliphatic carbocycles. The molecule has 1 saturated carbocycles. The topological polar surface area (TPSA) is 54.2 Å². The number of fused-ring (bicyclic) bond motifs is 1. The molecule has 20 heavy (non-hydrogen) atoms. The van der Waals surface area contributed by atoms with Gasteiger partial charge in [0.05, 0.1) is 6.20 Å². The van der Waals surface area contributed by atoms with Crippen LogP contribution in [-0.4, -0.2) is 26.5 Å². The van der Waals surface area contributed by atoms with E-state index in [1.165, 1.54) is 25.7 Å². The minimum atomic E-state index is 0.156. The first-order chi connectivity index (χ1) is 9.70. The molecule has 1 fully saturated rings. The van der Waals surface area contributed by atoms with E-state index in [1.807, 2.05) is 23.0 Å². The highest BCUT2D eigenvalue weighted by molar-refractivity contribution is 5.66. The number of imidazole rings is 1. The van der Waals surface area contributed by atoms with Gasteiger partial charge in [-0.15, -0.1) is 0 Å². The van der Waals surface area contributed by atoms with Crippen molar-refractivity contribution < 1.29 is 0 Å². The van der Waals surface area contributed by atoms with Crippen LogP contribution in [0, 0.1) is 0 Å². The number of aromatic nitrogens is 3. The molecule has 0 atom stereocenters. The average Bonchev–Trinajstić information content (AvgIpc) is 3.05. The van der Waals surface area contributed by atoms with Gasteiger partial charge in [-0.2, -0.15) is 0 Å². The molecular weight excluding hydrogens is 250 g/mol. The van der Waals surface area contributed by atoms with Crippen LogP contribution < -0.4 is 10.6 Å². The van der Waals surface area contributed by atoms with Gasteiger partial charge in [-0.3, -0.25) is 0 Å². The van der Waals surface area contributed by atoms with Crippen molar-refractivity contribution in [2.24, 2.45) is 0 Å². The largest absolute Gasteiger partial charge is 0.369 e. The van der Waals surface area contributed by atoms with E-state index in [4.69, 9.17) is 4.98 Å². The molecule has 2 aromatic heterocycles. The molecule has 0 aromatic carbocycles. The van der Waals surface area contributed by atoms with Crippen molar-refractivity contribution in [1.82, 2.24) is 14.4 Å². The Kier molecular flexibility index (Phi) is 3.51. The van der Waals surface area contributed by atoms with Gasteiger partial charge in [0.15, 0.2) is 11.5 Å². The van der Waals surface area contributed by atoms with E-state index in [1.54, 1.807) is 0 Å². The molecule has 0 bridgehead atoms. The molecule has 0 spiro atoms. The molecule has 0 saturated heterocycles. The molecule has 5 heteroatoms. The highest BCUT2D eigenvalue weighted by atomic mass is 15.2. The number of nitrogens with zero attached hydrogens (tertiary/aromatic N) is 3. The Labute approximate surface area is 119 Å². The van der Waals surface area contributed by atoms with E-state index in [0.717, 1.165) is 30.2 Å². The van der Waals surface area contributed by atoms with Gasteiger partial charge in [0, 0.05) is 24.5 Å². The molecular formula is C15H23N5. The number of rotatable bonds is 5. The highest BCUT2D eigenvalue weighted by Gasteiger charge is 2.29. The molecule has 0 radical (unpaired) electrons. The number of hydrogen-bond acceptors (Lipinski definition) is 4. The molecule has 3 rings (SSSR count). The van der Waals surface area contributed by atoms with Crippen LogP contribution in [0.2, 0.25) is 0 Å². The van der Waals surface area contributed by atoms with Crippen molar-refractivity contribution in [3.63, 3.8) is 0 Å². The maximum absolute atomic E-state index is 4.71. The molecule has 1 aliphatic rings. The van der Waals surface area contributed by atoms with E-state index in [9.17, 15) is 0 Å². The van der Waals surface area contributed by atoms with Crippen molar-refractivity contribution in [2.45, 2.75) is 51.5 Å². The fourth-order valence-corrected chi connectivity index (χ4v) is 2.92. The summed E-state index contributed by atoms with van der Waals surface area (Å²) in [7, 11) is 0. The Hall–Kier alpha value is -1.78. The Bertz CT molecular complexity index is 583. The first-order valence-electron chi connectivity index (χ1n) is 7.56. The summed E-state index contributed by atoms with van der Waals surface area (Å²) in [5.74, 6) is 1.79. The first-order valence-corrected chi connectivity index (χ1v) is 7.56. The van der Waals surface area contributed by atoms with Crippen molar-refractivity contribution in [2.75, 3.05) is 17.2 Å². The fraction of sp³-hybridized carbons (Fsp3) is 0.600. The molecule has 0 unspecified atom stereocenters. The van der Waals surface area contributed by atoms with Crippen LogP contribution in [0.1, 0.15) is 46.0 Å². The van der Waals surface area contributed by atoms with Gasteiger partial charge >= 0.3 is 0 Å². The smallest absolute Gasteiger partial charge is 0.180 e. The molecule has 0 aliphatic heterocycles. The number of nitrogens with one attached hydrogen (secondary N) is 2. The monoisotopic (exact) mass is 273 g/mol. The van der Waals surface area contributed by atoms with E-state index in [2.05, 4.69) is 29.5 Å². The van der Waals surface area contributed by atoms with Crippen molar-refractivity contribution in [3.05, 3.63) is 18.6 Å². The molecule has 108 valence electrons. The van der Waals surface area contributed by atoms with Gasteiger partial charge in [-0.25, -0.2) is 9.97 Å². The third-order valence-corrected chi connectivity index (χ3v) is 4.06. The quantitative estimate of drug-likeness (QED) is 0.877. The zero-order valence-corrected chi connectivity index (χ0v) is 12.3. The predicted molar refractivity (Wildman–Crippen MR) is 82.3 cm³/mol. The Balaban J connectivity index is 1.92. The molecule has 2 heterocycles. The normalized spacial score (nSPS) is 17.5. The van der Waals surface area contributed by atoms with Gasteiger partial charge in [-0.1, -0.05) is 19.8 Å². The molecule has 2 N–H and O–H groups in total. The van der Waals surface area contributed by atoms with Crippen molar-refractivity contribution in [1.29, 1.82) is 0 Å². The summed E-state index contributed by atoms with van der Waals surface area (Å²) >= 11 is 0. The standard InChI is InChI=1S/C15H23N5/c1-3-8-16-12-11-20-10-9-17-14(20)13(18-12)19-15(2)6-4-5-7-15/h9-11,16H,3-8H2,1-2H3,(H,18,19). The minimum absolute atomic E-state index is 0.156. The second-order valence-corrected chi connectivity index (χ2v) is 5.95. The van der Waals surface area contributed by atoms with E-state index in [-0.39, 0.29) is 5.54 Å². The summed E-state index contributed by atoms with van der Waals surface area (Å²) in [6.45, 7) is 5.37. The molecule has 5 nitrogen and oxygen atoms in total. The lowest BCUT2D eigenvalue weighted by atomic mass is 10.0. The minimum Gasteiger partial charge on any atom is -0.369 e. The lowest BCUT2D eigenvalue weighted by molar-refractivity contribution is 0.531. The van der Waals surface area contributed by atoms with Crippen LogP contribution in [0.4, 0.5) is 11.6 Å². The first kappa shape index (κ1) is 13.2. The summed E-state index contributed by atoms with van der Waals surface area (Å²) in [5.41, 5.74) is 1.06. The lowest BCUT2D eigenvalue weighted by Gasteiger charge is -2.26. The zero-order chi connectivity index (χ0) is 14.0. The fourth-order valence-electron chi connectivity index (χ4n) is 2.92. The Morgan fingerprint density at radius 1 is 1.35 bits per heavy atom. The van der Waals surface area contributed by atoms with Crippen LogP contribution in [0.25, 0.3) is 5.65 Å². The van der Waals surface area contributed by atoms with Gasteiger partial charge in [0.2, 0.25) is 0 Å². The van der Waals surface area contributed by atoms with Crippen molar-refractivity contribution in [3.8, 4) is 0 Å². The number of anilines is 2. The summed E-state index contributed by atoms with van der Waals surface area (Å²) in [6, 6.07) is 0. The third kappa shape index (κ3) is 2.57. The summed E-state index contributed by atoms with van der Waals surface area (Å²) in [5, 5.41) is 6.98. The number of hydrogen-bond donors (Lipinski definition) is 2. The third-order valence-electron chi connectivity index (χ3n) is 4.06. The lowest BCUT2D eigenvalue weighted by Crippen LogP contribution is -2.31. The van der Waals surface area contributed by atoms with Gasteiger partial charge < -0.3 is 15.0 Å². The zero-order valence-electron chi connectivity index (χ0n) is 12.3. The van der Waals surface area contributed by atoms with E-state index < -0.39 is 0 Å². The predicted octanol–water partition coefficient (Wildman–Crippen LogP) is 3.30. The highest BCUT2D eigenvalue weighted by Crippen LogP contribution is 2.33. The summed E-state index contributed by atoms with van der Waals surface area (Å²) in [6.07, 6.45) is 11.9. The van der Waals surface area contributed by atoms with Crippen LogP contribution >= 0.6 is 0 Å². The van der Waals surface area contributed by atoms with Crippen LogP contribution in [0.3, 0.4) is 0 Å². The maximum atomic E-state index is 4.71. The van der Waals surface area contributed by atoms with Crippen LogP contribution in [-0.2, 0) is 0 Å². The second-order valence-electron chi connectivity index (χ2n) is 5.95. The summed E-state index contributed by atoms with van der Waals surface area (Å²) in [4.78, 5) is 9.14. The van der Waals surface area contributed by atoms with Crippen LogP contribution in [0.5, 0.6) is 0 Å². The van der Waals surface area contributed by atoms with Gasteiger partial charge in [-0.05, 0) is 26.2 Å².